The Balaban J connectivity index is 1.70. The third-order valence-corrected chi connectivity index (χ3v) is 4.25. The normalized spacial score (nSPS) is 11.8. The van der Waals surface area contributed by atoms with Gasteiger partial charge in [0.2, 0.25) is 0 Å². The molecule has 3 aromatic rings. The van der Waals surface area contributed by atoms with Crippen molar-refractivity contribution in [2.75, 3.05) is 5.32 Å². The number of rotatable bonds is 4. The van der Waals surface area contributed by atoms with E-state index in [0.717, 1.165) is 0 Å². The zero-order chi connectivity index (χ0) is 17.8. The highest BCUT2D eigenvalue weighted by atomic mass is 79.9. The van der Waals surface area contributed by atoms with Gasteiger partial charge in [0.25, 0.3) is 5.95 Å². The van der Waals surface area contributed by atoms with Crippen molar-refractivity contribution in [2.24, 2.45) is 0 Å². The van der Waals surface area contributed by atoms with Crippen molar-refractivity contribution in [1.29, 1.82) is 0 Å². The van der Waals surface area contributed by atoms with Gasteiger partial charge in [0.1, 0.15) is 17.3 Å². The second-order valence-corrected chi connectivity index (χ2v) is 6.08. The number of urea groups is 1. The summed E-state index contributed by atoms with van der Waals surface area (Å²) in [7, 11) is 0. The smallest absolute Gasteiger partial charge is 0.320 e. The van der Waals surface area contributed by atoms with Gasteiger partial charge >= 0.3 is 6.03 Å². The second-order valence-electron chi connectivity index (χ2n) is 4.87. The Morgan fingerprint density at radius 2 is 2.04 bits per heavy atom. The fraction of sp³-hybridized carbons (Fsp3) is 0.143. The number of halogens is 2. The van der Waals surface area contributed by atoms with Gasteiger partial charge in [-0.2, -0.15) is 9.78 Å². The van der Waals surface area contributed by atoms with E-state index in [2.05, 4.69) is 51.6 Å². The van der Waals surface area contributed by atoms with Crippen LogP contribution >= 0.6 is 27.5 Å². The lowest BCUT2D eigenvalue weighted by atomic mass is 10.3. The molecule has 0 bridgehead atoms. The van der Waals surface area contributed by atoms with E-state index in [-0.39, 0.29) is 5.15 Å². The highest BCUT2D eigenvalue weighted by molar-refractivity contribution is 9.10. The van der Waals surface area contributed by atoms with E-state index in [1.165, 1.54) is 11.0 Å². The van der Waals surface area contributed by atoms with Crippen LogP contribution in [0, 0.1) is 0 Å². The lowest BCUT2D eigenvalue weighted by molar-refractivity contribution is 0.248. The van der Waals surface area contributed by atoms with Gasteiger partial charge in [0.15, 0.2) is 5.82 Å². The van der Waals surface area contributed by atoms with Crippen LogP contribution in [-0.2, 0) is 0 Å². The summed E-state index contributed by atoms with van der Waals surface area (Å²) >= 11 is 9.15. The Morgan fingerprint density at radius 3 is 2.76 bits per heavy atom. The van der Waals surface area contributed by atoms with Crippen LogP contribution in [0.3, 0.4) is 0 Å². The Hall–Kier alpha value is -2.59. The molecule has 9 nitrogen and oxygen atoms in total. The number of amides is 2. The summed E-state index contributed by atoms with van der Waals surface area (Å²) in [5.41, 5.74) is 0. The number of nitrogens with zero attached hydrogens (tertiary/aromatic N) is 6. The summed E-state index contributed by atoms with van der Waals surface area (Å²) in [5, 5.41) is 9.71. The summed E-state index contributed by atoms with van der Waals surface area (Å²) in [6.45, 7) is 1.77. The van der Waals surface area contributed by atoms with Gasteiger partial charge in [0, 0.05) is 12.4 Å². The summed E-state index contributed by atoms with van der Waals surface area (Å²) in [4.78, 5) is 28.6. The van der Waals surface area contributed by atoms with E-state index >= 15 is 0 Å². The van der Waals surface area contributed by atoms with Crippen LogP contribution < -0.4 is 10.6 Å². The minimum atomic E-state index is -0.457. The van der Waals surface area contributed by atoms with Crippen LogP contribution in [0.5, 0.6) is 0 Å². The lowest BCUT2D eigenvalue weighted by Gasteiger charge is -2.14. The Morgan fingerprint density at radius 1 is 1.28 bits per heavy atom. The molecular formula is C14H12BrClN8O. The van der Waals surface area contributed by atoms with Gasteiger partial charge in [-0.05, 0) is 41.1 Å². The number of hydrogen-bond acceptors (Lipinski definition) is 6. The molecule has 3 rings (SSSR count). The van der Waals surface area contributed by atoms with Crippen molar-refractivity contribution in [2.45, 2.75) is 13.0 Å². The molecule has 0 unspecified atom stereocenters. The van der Waals surface area contributed by atoms with Gasteiger partial charge in [-0.3, -0.25) is 5.32 Å². The van der Waals surface area contributed by atoms with Crippen LogP contribution in [0.2, 0.25) is 5.15 Å². The molecule has 0 aliphatic rings. The van der Waals surface area contributed by atoms with Crippen LogP contribution in [0.25, 0.3) is 5.95 Å². The molecule has 3 aromatic heterocycles. The minimum Gasteiger partial charge on any atom is -0.328 e. The van der Waals surface area contributed by atoms with E-state index in [1.54, 1.807) is 37.5 Å². The predicted molar refractivity (Wildman–Crippen MR) is 94.5 cm³/mol. The number of hydrogen-bond donors (Lipinski definition) is 2. The minimum absolute atomic E-state index is 0.256. The van der Waals surface area contributed by atoms with Crippen molar-refractivity contribution in [1.82, 2.24) is 35.0 Å². The number of nitrogens with one attached hydrogen (secondary N) is 2. The molecule has 128 valence electrons. The first kappa shape index (κ1) is 17.2. The number of carbonyl (C=O) groups is 1. The summed E-state index contributed by atoms with van der Waals surface area (Å²) in [5.74, 6) is 1.18. The Labute approximate surface area is 156 Å². The fourth-order valence-corrected chi connectivity index (χ4v) is 2.38. The molecule has 3 heterocycles. The van der Waals surface area contributed by atoms with E-state index in [0.29, 0.717) is 22.1 Å². The standard InChI is InChI=1S/C14H12BrClN8O/c1-8(12-19-7-20-24(12)13-17-5-2-6-18-13)21-14(25)23-10-4-3-9(15)11(16)22-10/h2-8H,1H3,(H2,21,22,23,25)/t8-/m0/s1. The van der Waals surface area contributed by atoms with Crippen LogP contribution in [0.15, 0.2) is 41.4 Å². The van der Waals surface area contributed by atoms with Crippen molar-refractivity contribution >= 4 is 39.4 Å². The van der Waals surface area contributed by atoms with Gasteiger partial charge in [-0.25, -0.2) is 24.7 Å². The lowest BCUT2D eigenvalue weighted by Crippen LogP contribution is -2.33. The van der Waals surface area contributed by atoms with E-state index < -0.39 is 12.1 Å². The van der Waals surface area contributed by atoms with Gasteiger partial charge in [-0.15, -0.1) is 0 Å². The molecule has 0 radical (unpaired) electrons. The molecule has 0 saturated heterocycles. The number of aromatic nitrogens is 6. The van der Waals surface area contributed by atoms with Crippen LogP contribution in [-0.4, -0.2) is 35.7 Å². The highest BCUT2D eigenvalue weighted by Crippen LogP contribution is 2.21. The maximum atomic E-state index is 12.2. The first-order valence-electron chi connectivity index (χ1n) is 7.11. The van der Waals surface area contributed by atoms with E-state index in [4.69, 9.17) is 11.6 Å². The van der Waals surface area contributed by atoms with Crippen molar-refractivity contribution in [3.8, 4) is 5.95 Å². The molecule has 25 heavy (non-hydrogen) atoms. The van der Waals surface area contributed by atoms with E-state index in [1.807, 2.05) is 0 Å². The maximum absolute atomic E-state index is 12.2. The quantitative estimate of drug-likeness (QED) is 0.624. The monoisotopic (exact) mass is 422 g/mol. The molecule has 0 spiro atoms. The van der Waals surface area contributed by atoms with Gasteiger partial charge < -0.3 is 5.32 Å². The fourth-order valence-electron chi connectivity index (χ4n) is 2.00. The molecule has 0 fully saturated rings. The Bertz CT molecular complexity index is 888. The summed E-state index contributed by atoms with van der Waals surface area (Å²) in [6, 6.07) is 4.11. The number of pyridine rings is 1. The molecule has 0 aromatic carbocycles. The first-order valence-corrected chi connectivity index (χ1v) is 8.28. The molecule has 0 aliphatic heterocycles. The average molecular weight is 424 g/mol. The van der Waals surface area contributed by atoms with E-state index in [9.17, 15) is 4.79 Å². The zero-order valence-corrected chi connectivity index (χ0v) is 15.2. The van der Waals surface area contributed by atoms with Gasteiger partial charge in [-0.1, -0.05) is 11.6 Å². The average Bonchev–Trinajstić information content (AvgIpc) is 3.09. The van der Waals surface area contributed by atoms with Crippen LogP contribution in [0.1, 0.15) is 18.8 Å². The summed E-state index contributed by atoms with van der Waals surface area (Å²) < 4.78 is 2.10. The second kappa shape index (κ2) is 7.53. The molecular weight excluding hydrogens is 412 g/mol. The van der Waals surface area contributed by atoms with Crippen molar-refractivity contribution < 1.29 is 4.79 Å². The first-order chi connectivity index (χ1) is 12.0. The third-order valence-electron chi connectivity index (χ3n) is 3.10. The van der Waals surface area contributed by atoms with Crippen LogP contribution in [0.4, 0.5) is 10.6 Å². The Kier molecular flexibility index (Phi) is 5.19. The summed E-state index contributed by atoms with van der Waals surface area (Å²) in [6.07, 6.45) is 4.57. The molecule has 11 heteroatoms. The molecule has 1 atom stereocenters. The number of anilines is 1. The largest absolute Gasteiger partial charge is 0.328 e. The molecule has 2 N–H and O–H groups in total. The molecule has 2 amide bonds. The maximum Gasteiger partial charge on any atom is 0.320 e. The highest BCUT2D eigenvalue weighted by Gasteiger charge is 2.18. The molecule has 0 saturated carbocycles. The van der Waals surface area contributed by atoms with Crippen molar-refractivity contribution in [3.63, 3.8) is 0 Å². The molecule has 0 aliphatic carbocycles. The zero-order valence-electron chi connectivity index (χ0n) is 12.9. The van der Waals surface area contributed by atoms with Gasteiger partial charge in [0.05, 0.1) is 10.5 Å². The van der Waals surface area contributed by atoms with Crippen molar-refractivity contribution in [3.05, 3.63) is 52.4 Å². The predicted octanol–water partition coefficient (Wildman–Crippen LogP) is 2.75. The third kappa shape index (κ3) is 4.09. The SMILES string of the molecule is C[C@H](NC(=O)Nc1ccc(Br)c(Cl)n1)c1ncnn1-c1ncccn1. The number of carbonyl (C=O) groups excluding carboxylic acids is 1. The topological polar surface area (TPSA) is 111 Å².